The Bertz CT molecular complexity index is 810. The first kappa shape index (κ1) is 19.2. The lowest BCUT2D eigenvalue weighted by Gasteiger charge is -2.11. The van der Waals surface area contributed by atoms with E-state index in [-0.39, 0.29) is 23.0 Å². The molecule has 2 aromatic heterocycles. The van der Waals surface area contributed by atoms with E-state index in [1.54, 1.807) is 6.20 Å². The van der Waals surface area contributed by atoms with Crippen molar-refractivity contribution >= 4 is 23.5 Å². The number of aliphatic carboxylic acids is 1. The van der Waals surface area contributed by atoms with Gasteiger partial charge in [0.1, 0.15) is 11.7 Å². The second kappa shape index (κ2) is 8.28. The van der Waals surface area contributed by atoms with Crippen LogP contribution in [-0.4, -0.2) is 49.0 Å². The number of carboxylic acids is 1. The van der Waals surface area contributed by atoms with Crippen molar-refractivity contribution in [2.75, 3.05) is 11.9 Å². The molecule has 10 nitrogen and oxygen atoms in total. The van der Waals surface area contributed by atoms with Crippen molar-refractivity contribution in [1.82, 2.24) is 24.9 Å². The molecule has 1 unspecified atom stereocenters. The van der Waals surface area contributed by atoms with Crippen molar-refractivity contribution in [1.29, 1.82) is 0 Å². The number of amides is 2. The van der Waals surface area contributed by atoms with Crippen LogP contribution < -0.4 is 10.6 Å². The summed E-state index contributed by atoms with van der Waals surface area (Å²) >= 11 is 0. The molecule has 0 fully saturated rings. The minimum atomic E-state index is -1.11. The lowest BCUT2D eigenvalue weighted by molar-refractivity contribution is -0.140. The van der Waals surface area contributed by atoms with Crippen LogP contribution >= 0.6 is 0 Å². The van der Waals surface area contributed by atoms with Crippen LogP contribution in [0.5, 0.6) is 0 Å². The number of anilines is 1. The Balaban J connectivity index is 2.27. The number of aromatic nitrogens is 4. The van der Waals surface area contributed by atoms with Gasteiger partial charge in [-0.15, -0.1) is 0 Å². The number of hydrogen-bond acceptors (Lipinski definition) is 5. The Hall–Kier alpha value is -3.17. The molecule has 1 atom stereocenters. The molecule has 0 aromatic carbocycles. The highest BCUT2D eigenvalue weighted by atomic mass is 16.4. The molecular weight excluding hydrogens is 340 g/mol. The van der Waals surface area contributed by atoms with Crippen LogP contribution in [0.15, 0.2) is 18.5 Å². The van der Waals surface area contributed by atoms with Gasteiger partial charge in [-0.1, -0.05) is 6.92 Å². The highest BCUT2D eigenvalue weighted by Crippen LogP contribution is 2.17. The number of carbonyl (C=O) groups is 3. The molecule has 0 saturated heterocycles. The van der Waals surface area contributed by atoms with Crippen molar-refractivity contribution in [3.05, 3.63) is 29.8 Å². The van der Waals surface area contributed by atoms with Gasteiger partial charge in [0.05, 0.1) is 5.69 Å². The highest BCUT2D eigenvalue weighted by Gasteiger charge is 2.23. The highest BCUT2D eigenvalue weighted by molar-refractivity contribution is 6.07. The summed E-state index contributed by atoms with van der Waals surface area (Å²) in [5.41, 5.74) is 0.427. The van der Waals surface area contributed by atoms with Gasteiger partial charge in [-0.3, -0.25) is 14.3 Å². The second-order valence-electron chi connectivity index (χ2n) is 5.63. The normalized spacial score (nSPS) is 11.8. The van der Waals surface area contributed by atoms with Crippen molar-refractivity contribution in [3.8, 4) is 0 Å². The predicted molar refractivity (Wildman–Crippen MR) is 93.1 cm³/mol. The fourth-order valence-electron chi connectivity index (χ4n) is 2.26. The van der Waals surface area contributed by atoms with E-state index in [1.807, 2.05) is 13.8 Å². The molecule has 2 heterocycles. The van der Waals surface area contributed by atoms with Crippen LogP contribution in [0.3, 0.4) is 0 Å². The number of nitrogens with zero attached hydrogens (tertiary/aromatic N) is 4. The lowest BCUT2D eigenvalue weighted by Crippen LogP contribution is -2.27. The topological polar surface area (TPSA) is 131 Å². The average molecular weight is 362 g/mol. The van der Waals surface area contributed by atoms with Gasteiger partial charge >= 0.3 is 5.97 Å². The first-order chi connectivity index (χ1) is 12.4. The molecule has 0 aliphatic carbocycles. The van der Waals surface area contributed by atoms with Gasteiger partial charge in [0.25, 0.3) is 11.8 Å². The first-order valence-corrected chi connectivity index (χ1v) is 8.32. The van der Waals surface area contributed by atoms with Gasteiger partial charge in [-0.25, -0.2) is 9.48 Å². The third-order valence-corrected chi connectivity index (χ3v) is 3.71. The van der Waals surface area contributed by atoms with Crippen molar-refractivity contribution < 1.29 is 19.5 Å². The Kier molecular flexibility index (Phi) is 6.10. The summed E-state index contributed by atoms with van der Waals surface area (Å²) in [5.74, 6) is -2.07. The molecule has 10 heteroatoms. The lowest BCUT2D eigenvalue weighted by atomic mass is 10.3. The number of rotatable bonds is 8. The smallest absolute Gasteiger partial charge is 0.328 e. The van der Waals surface area contributed by atoms with E-state index in [2.05, 4.69) is 20.8 Å². The van der Waals surface area contributed by atoms with Crippen LogP contribution in [0, 0.1) is 0 Å². The van der Waals surface area contributed by atoms with E-state index in [0.717, 1.165) is 11.1 Å². The summed E-state index contributed by atoms with van der Waals surface area (Å²) in [6, 6.07) is 0.409. The van der Waals surface area contributed by atoms with Crippen LogP contribution in [0.4, 0.5) is 5.69 Å². The van der Waals surface area contributed by atoms with E-state index < -0.39 is 17.9 Å². The summed E-state index contributed by atoms with van der Waals surface area (Å²) in [5, 5.41) is 22.5. The zero-order valence-corrected chi connectivity index (χ0v) is 14.9. The molecular formula is C16H22N6O4. The third-order valence-electron chi connectivity index (χ3n) is 3.71. The van der Waals surface area contributed by atoms with Gasteiger partial charge in [0.2, 0.25) is 0 Å². The number of carboxylic acid groups (broad SMARTS) is 1. The maximum Gasteiger partial charge on any atom is 0.328 e. The van der Waals surface area contributed by atoms with Gasteiger partial charge in [-0.2, -0.15) is 10.2 Å². The minimum absolute atomic E-state index is 0.0732. The molecule has 0 spiro atoms. The fourth-order valence-corrected chi connectivity index (χ4v) is 2.26. The number of aryl methyl sites for hydroxylation is 1. The minimum Gasteiger partial charge on any atom is -0.480 e. The van der Waals surface area contributed by atoms with Crippen LogP contribution in [0.25, 0.3) is 0 Å². The Morgan fingerprint density at radius 2 is 2.00 bits per heavy atom. The number of nitrogens with one attached hydrogen (secondary N) is 2. The van der Waals surface area contributed by atoms with E-state index in [1.165, 1.54) is 23.9 Å². The summed E-state index contributed by atoms with van der Waals surface area (Å²) in [6.45, 7) is 6.23. The molecule has 2 aromatic rings. The van der Waals surface area contributed by atoms with Crippen LogP contribution in [0.2, 0.25) is 0 Å². The van der Waals surface area contributed by atoms with E-state index >= 15 is 0 Å². The quantitative estimate of drug-likeness (QED) is 0.645. The zero-order chi connectivity index (χ0) is 19.3. The molecule has 140 valence electrons. The van der Waals surface area contributed by atoms with Crippen LogP contribution in [0.1, 0.15) is 54.2 Å². The Morgan fingerprint density at radius 3 is 2.62 bits per heavy atom. The second-order valence-corrected chi connectivity index (χ2v) is 5.63. The largest absolute Gasteiger partial charge is 0.480 e. The predicted octanol–water partition coefficient (Wildman–Crippen LogP) is 1.14. The summed E-state index contributed by atoms with van der Waals surface area (Å²) in [6.07, 6.45) is 3.67. The Morgan fingerprint density at radius 1 is 1.27 bits per heavy atom. The molecule has 0 bridgehead atoms. The van der Waals surface area contributed by atoms with E-state index in [9.17, 15) is 14.4 Å². The maximum atomic E-state index is 12.6. The number of hydrogen-bond donors (Lipinski definition) is 3. The average Bonchev–Trinajstić information content (AvgIpc) is 3.25. The maximum absolute atomic E-state index is 12.6. The molecule has 2 rings (SSSR count). The molecule has 2 amide bonds. The first-order valence-electron chi connectivity index (χ1n) is 8.32. The molecule has 3 N–H and O–H groups in total. The SMILES string of the molecule is CCCNC(=O)c1nn(CC)cc1NC(=O)c1ccnn1C(C)C(=O)O. The van der Waals surface area contributed by atoms with E-state index in [4.69, 9.17) is 5.11 Å². The molecule has 26 heavy (non-hydrogen) atoms. The van der Waals surface area contributed by atoms with Crippen LogP contribution in [-0.2, 0) is 11.3 Å². The third kappa shape index (κ3) is 4.08. The Labute approximate surface area is 150 Å². The monoisotopic (exact) mass is 362 g/mol. The van der Waals surface area contributed by atoms with Crippen molar-refractivity contribution in [2.45, 2.75) is 39.8 Å². The van der Waals surface area contributed by atoms with Crippen molar-refractivity contribution in [3.63, 3.8) is 0 Å². The standard InChI is InChI=1S/C16H22N6O4/c1-4-7-17-15(24)13-11(9-21(5-2)20-13)19-14(23)12-6-8-18-22(12)10(3)16(25)26/h6,8-10H,4-5,7H2,1-3H3,(H,17,24)(H,19,23)(H,25,26). The summed E-state index contributed by atoms with van der Waals surface area (Å²) in [4.78, 5) is 36.0. The zero-order valence-electron chi connectivity index (χ0n) is 14.9. The number of carbonyl (C=O) groups excluding carboxylic acids is 2. The molecule has 0 aliphatic heterocycles. The van der Waals surface area contributed by atoms with Gasteiger partial charge in [-0.05, 0) is 26.3 Å². The fraction of sp³-hybridized carbons (Fsp3) is 0.438. The van der Waals surface area contributed by atoms with Gasteiger partial charge in [0, 0.05) is 25.5 Å². The molecule has 0 saturated carbocycles. The summed E-state index contributed by atoms with van der Waals surface area (Å²) in [7, 11) is 0. The van der Waals surface area contributed by atoms with Gasteiger partial charge < -0.3 is 15.7 Å². The molecule has 0 aliphatic rings. The molecule has 0 radical (unpaired) electrons. The summed E-state index contributed by atoms with van der Waals surface area (Å²) < 4.78 is 2.65. The van der Waals surface area contributed by atoms with Crippen molar-refractivity contribution in [2.24, 2.45) is 0 Å². The van der Waals surface area contributed by atoms with Gasteiger partial charge in [0.15, 0.2) is 5.69 Å². The van der Waals surface area contributed by atoms with E-state index in [0.29, 0.717) is 13.1 Å².